The first-order valence-electron chi connectivity index (χ1n) is 7.79. The molecule has 3 N–H and O–H groups in total. The Balaban J connectivity index is 2.03. The van der Waals surface area contributed by atoms with Gasteiger partial charge in [-0.3, -0.25) is 0 Å². The molecule has 0 spiro atoms. The van der Waals surface area contributed by atoms with Crippen molar-refractivity contribution in [3.8, 4) is 0 Å². The third-order valence-corrected chi connectivity index (χ3v) is 4.31. The summed E-state index contributed by atoms with van der Waals surface area (Å²) in [5.41, 5.74) is 6.79. The lowest BCUT2D eigenvalue weighted by Crippen LogP contribution is -2.25. The molecule has 116 valence electrons. The van der Waals surface area contributed by atoms with E-state index >= 15 is 0 Å². The van der Waals surface area contributed by atoms with Crippen LogP contribution in [0.1, 0.15) is 49.9 Å². The zero-order valence-corrected chi connectivity index (χ0v) is 12.9. The Morgan fingerprint density at radius 2 is 2.24 bits per heavy atom. The van der Waals surface area contributed by atoms with E-state index in [1.165, 1.54) is 25.7 Å². The Hall–Kier alpha value is -1.78. The SMILES string of the molecule is CCOC(=O)c1ccnc(NCC2CCCCC2C)c1N. The van der Waals surface area contributed by atoms with Crippen molar-refractivity contribution in [2.45, 2.75) is 39.5 Å². The van der Waals surface area contributed by atoms with Gasteiger partial charge in [0.2, 0.25) is 0 Å². The van der Waals surface area contributed by atoms with Gasteiger partial charge in [-0.05, 0) is 31.2 Å². The summed E-state index contributed by atoms with van der Waals surface area (Å²) in [7, 11) is 0. The molecule has 1 fully saturated rings. The summed E-state index contributed by atoms with van der Waals surface area (Å²) in [5, 5.41) is 3.31. The van der Waals surface area contributed by atoms with Crippen LogP contribution in [0.3, 0.4) is 0 Å². The van der Waals surface area contributed by atoms with Gasteiger partial charge >= 0.3 is 5.97 Å². The molecule has 1 saturated carbocycles. The normalized spacial score (nSPS) is 21.8. The molecule has 0 amide bonds. The number of rotatable bonds is 5. The van der Waals surface area contributed by atoms with E-state index in [1.54, 1.807) is 19.2 Å². The first kappa shape index (κ1) is 15.6. The number of carbonyl (C=O) groups excluding carboxylic acids is 1. The highest BCUT2D eigenvalue weighted by molar-refractivity contribution is 5.97. The van der Waals surface area contributed by atoms with Crippen molar-refractivity contribution >= 4 is 17.5 Å². The van der Waals surface area contributed by atoms with Crippen molar-refractivity contribution in [2.24, 2.45) is 11.8 Å². The van der Waals surface area contributed by atoms with E-state index in [4.69, 9.17) is 10.5 Å². The first-order valence-corrected chi connectivity index (χ1v) is 7.79. The lowest BCUT2D eigenvalue weighted by Gasteiger charge is -2.29. The summed E-state index contributed by atoms with van der Waals surface area (Å²) in [6.07, 6.45) is 6.75. The number of ether oxygens (including phenoxy) is 1. The summed E-state index contributed by atoms with van der Waals surface area (Å²) in [5.74, 6) is 1.55. The quantitative estimate of drug-likeness (QED) is 0.815. The Bertz CT molecular complexity index is 490. The highest BCUT2D eigenvalue weighted by Crippen LogP contribution is 2.30. The lowest BCUT2D eigenvalue weighted by atomic mass is 9.80. The number of aromatic nitrogens is 1. The van der Waals surface area contributed by atoms with Gasteiger partial charge < -0.3 is 15.8 Å². The van der Waals surface area contributed by atoms with Gasteiger partial charge in [0.1, 0.15) is 5.82 Å². The van der Waals surface area contributed by atoms with Crippen LogP contribution in [-0.4, -0.2) is 24.1 Å². The Kier molecular flexibility index (Phi) is 5.42. The fourth-order valence-electron chi connectivity index (χ4n) is 2.93. The second-order valence-electron chi connectivity index (χ2n) is 5.74. The van der Waals surface area contributed by atoms with Gasteiger partial charge in [0.05, 0.1) is 17.9 Å². The summed E-state index contributed by atoms with van der Waals surface area (Å²) in [4.78, 5) is 16.1. The van der Waals surface area contributed by atoms with Crippen LogP contribution in [0.4, 0.5) is 11.5 Å². The number of hydrogen-bond acceptors (Lipinski definition) is 5. The van der Waals surface area contributed by atoms with Crippen molar-refractivity contribution in [1.82, 2.24) is 4.98 Å². The number of carbonyl (C=O) groups is 1. The number of esters is 1. The van der Waals surface area contributed by atoms with E-state index in [2.05, 4.69) is 17.2 Å². The zero-order valence-electron chi connectivity index (χ0n) is 12.9. The molecule has 21 heavy (non-hydrogen) atoms. The topological polar surface area (TPSA) is 77.2 Å². The first-order chi connectivity index (χ1) is 10.1. The standard InChI is InChI=1S/C16H25N3O2/c1-3-21-16(20)13-8-9-18-15(14(13)17)19-10-12-7-5-4-6-11(12)2/h8-9,11-12H,3-7,10,17H2,1-2H3,(H,18,19). The van der Waals surface area contributed by atoms with Crippen LogP contribution in [0.5, 0.6) is 0 Å². The number of hydrogen-bond donors (Lipinski definition) is 2. The molecule has 1 aromatic rings. The molecule has 1 heterocycles. The molecular formula is C16H25N3O2. The second-order valence-corrected chi connectivity index (χ2v) is 5.74. The lowest BCUT2D eigenvalue weighted by molar-refractivity contribution is 0.0527. The van der Waals surface area contributed by atoms with Crippen molar-refractivity contribution in [3.63, 3.8) is 0 Å². The number of pyridine rings is 1. The fourth-order valence-corrected chi connectivity index (χ4v) is 2.93. The van der Waals surface area contributed by atoms with E-state index in [9.17, 15) is 4.79 Å². The predicted molar refractivity (Wildman–Crippen MR) is 84.2 cm³/mol. The zero-order chi connectivity index (χ0) is 15.2. The molecule has 0 radical (unpaired) electrons. The van der Waals surface area contributed by atoms with E-state index in [-0.39, 0.29) is 0 Å². The van der Waals surface area contributed by atoms with E-state index in [0.29, 0.717) is 29.6 Å². The minimum Gasteiger partial charge on any atom is -0.462 e. The van der Waals surface area contributed by atoms with Crippen LogP contribution in [0.2, 0.25) is 0 Å². The minimum atomic E-state index is -0.397. The van der Waals surface area contributed by atoms with Crippen LogP contribution in [-0.2, 0) is 4.74 Å². The summed E-state index contributed by atoms with van der Waals surface area (Å²) >= 11 is 0. The van der Waals surface area contributed by atoms with E-state index < -0.39 is 5.97 Å². The van der Waals surface area contributed by atoms with Crippen LogP contribution in [0.25, 0.3) is 0 Å². The van der Waals surface area contributed by atoms with Crippen LogP contribution in [0.15, 0.2) is 12.3 Å². The number of nitrogens with one attached hydrogen (secondary N) is 1. The summed E-state index contributed by atoms with van der Waals surface area (Å²) in [6, 6.07) is 1.60. The number of nitrogens with two attached hydrogens (primary N) is 1. The molecular weight excluding hydrogens is 266 g/mol. The molecule has 1 aliphatic rings. The van der Waals surface area contributed by atoms with Gasteiger partial charge in [-0.15, -0.1) is 0 Å². The van der Waals surface area contributed by atoms with Crippen molar-refractivity contribution in [2.75, 3.05) is 24.2 Å². The molecule has 0 bridgehead atoms. The highest BCUT2D eigenvalue weighted by atomic mass is 16.5. The Morgan fingerprint density at radius 1 is 1.48 bits per heavy atom. The maximum atomic E-state index is 11.8. The maximum absolute atomic E-state index is 11.8. The molecule has 2 unspecified atom stereocenters. The molecule has 0 aromatic carbocycles. The van der Waals surface area contributed by atoms with Gasteiger partial charge in [-0.25, -0.2) is 9.78 Å². The molecule has 0 saturated heterocycles. The smallest absolute Gasteiger partial charge is 0.340 e. The predicted octanol–water partition coefficient (Wildman–Crippen LogP) is 3.08. The van der Waals surface area contributed by atoms with Crippen molar-refractivity contribution in [3.05, 3.63) is 17.8 Å². The second kappa shape index (κ2) is 7.29. The largest absolute Gasteiger partial charge is 0.462 e. The number of anilines is 2. The summed E-state index contributed by atoms with van der Waals surface area (Å²) in [6.45, 7) is 5.27. The van der Waals surface area contributed by atoms with Crippen molar-refractivity contribution < 1.29 is 9.53 Å². The highest BCUT2D eigenvalue weighted by Gasteiger charge is 2.22. The van der Waals surface area contributed by atoms with Crippen LogP contribution < -0.4 is 11.1 Å². The third-order valence-electron chi connectivity index (χ3n) is 4.31. The minimum absolute atomic E-state index is 0.336. The van der Waals surface area contributed by atoms with Crippen LogP contribution in [0, 0.1) is 11.8 Å². The number of nitrogen functional groups attached to an aromatic ring is 1. The molecule has 1 aromatic heterocycles. The van der Waals surface area contributed by atoms with Gasteiger partial charge in [0.15, 0.2) is 0 Å². The van der Waals surface area contributed by atoms with Gasteiger partial charge in [-0.1, -0.05) is 26.2 Å². The van der Waals surface area contributed by atoms with Crippen molar-refractivity contribution in [1.29, 1.82) is 0 Å². The van der Waals surface area contributed by atoms with Gasteiger partial charge in [0.25, 0.3) is 0 Å². The molecule has 1 aliphatic carbocycles. The third kappa shape index (κ3) is 3.86. The average molecular weight is 291 g/mol. The number of nitrogens with zero attached hydrogens (tertiary/aromatic N) is 1. The monoisotopic (exact) mass is 291 g/mol. The molecule has 5 heteroatoms. The molecule has 2 atom stereocenters. The molecule has 2 rings (SSSR count). The van der Waals surface area contributed by atoms with Gasteiger partial charge in [-0.2, -0.15) is 0 Å². The molecule has 5 nitrogen and oxygen atoms in total. The Labute approximate surface area is 126 Å². The van der Waals surface area contributed by atoms with E-state index in [0.717, 1.165) is 12.5 Å². The van der Waals surface area contributed by atoms with E-state index in [1.807, 2.05) is 0 Å². The fraction of sp³-hybridized carbons (Fsp3) is 0.625. The van der Waals surface area contributed by atoms with Gasteiger partial charge in [0, 0.05) is 12.7 Å². The molecule has 0 aliphatic heterocycles. The summed E-state index contributed by atoms with van der Waals surface area (Å²) < 4.78 is 5.00. The van der Waals surface area contributed by atoms with Crippen LogP contribution >= 0.6 is 0 Å². The maximum Gasteiger partial charge on any atom is 0.340 e. The Morgan fingerprint density at radius 3 is 2.95 bits per heavy atom. The average Bonchev–Trinajstić information content (AvgIpc) is 2.48.